The summed E-state index contributed by atoms with van der Waals surface area (Å²) in [6.45, 7) is 0.495. The SMILES string of the molecule is COc1ccc(NCc2c(Cl)cccc2OC)cc1O. The van der Waals surface area contributed by atoms with Crippen molar-refractivity contribution in [3.05, 3.63) is 47.0 Å². The van der Waals surface area contributed by atoms with Crippen LogP contribution in [-0.2, 0) is 6.54 Å². The number of aromatic hydroxyl groups is 1. The average Bonchev–Trinajstić information content (AvgIpc) is 2.46. The van der Waals surface area contributed by atoms with E-state index in [9.17, 15) is 5.11 Å². The van der Waals surface area contributed by atoms with Crippen molar-refractivity contribution in [2.24, 2.45) is 0 Å². The molecule has 2 rings (SSSR count). The van der Waals surface area contributed by atoms with Gasteiger partial charge in [-0.15, -0.1) is 0 Å². The largest absolute Gasteiger partial charge is 0.504 e. The molecule has 2 N–H and O–H groups in total. The molecule has 0 heterocycles. The molecule has 0 spiro atoms. The van der Waals surface area contributed by atoms with Crippen LogP contribution in [0.25, 0.3) is 0 Å². The lowest BCUT2D eigenvalue weighted by Gasteiger charge is -2.13. The summed E-state index contributed by atoms with van der Waals surface area (Å²) in [6.07, 6.45) is 0. The summed E-state index contributed by atoms with van der Waals surface area (Å²) in [5, 5.41) is 13.6. The van der Waals surface area contributed by atoms with Crippen LogP contribution in [-0.4, -0.2) is 19.3 Å². The molecule has 0 saturated heterocycles. The van der Waals surface area contributed by atoms with Crippen molar-refractivity contribution in [2.45, 2.75) is 6.54 Å². The minimum atomic E-state index is 0.0867. The summed E-state index contributed by atoms with van der Waals surface area (Å²) in [5.74, 6) is 1.25. The van der Waals surface area contributed by atoms with Gasteiger partial charge in [0.15, 0.2) is 11.5 Å². The van der Waals surface area contributed by atoms with Gasteiger partial charge in [-0.25, -0.2) is 0 Å². The number of rotatable bonds is 5. The number of benzene rings is 2. The fourth-order valence-electron chi connectivity index (χ4n) is 1.89. The highest BCUT2D eigenvalue weighted by Crippen LogP contribution is 2.30. The molecule has 0 atom stereocenters. The first-order valence-electron chi connectivity index (χ1n) is 6.08. The molecule has 0 saturated carbocycles. The molecule has 106 valence electrons. The molecule has 4 nitrogen and oxygen atoms in total. The lowest BCUT2D eigenvalue weighted by molar-refractivity contribution is 0.373. The zero-order valence-electron chi connectivity index (χ0n) is 11.3. The van der Waals surface area contributed by atoms with Gasteiger partial charge >= 0.3 is 0 Å². The summed E-state index contributed by atoms with van der Waals surface area (Å²) in [7, 11) is 3.12. The molecule has 0 bridgehead atoms. The number of hydrogen-bond donors (Lipinski definition) is 2. The van der Waals surface area contributed by atoms with E-state index in [4.69, 9.17) is 21.1 Å². The molecule has 0 aliphatic heterocycles. The zero-order valence-corrected chi connectivity index (χ0v) is 12.1. The van der Waals surface area contributed by atoms with E-state index >= 15 is 0 Å². The van der Waals surface area contributed by atoms with E-state index in [1.54, 1.807) is 19.2 Å². The number of anilines is 1. The predicted octanol–water partition coefficient (Wildman–Crippen LogP) is 3.67. The van der Waals surface area contributed by atoms with Gasteiger partial charge in [-0.05, 0) is 24.3 Å². The van der Waals surface area contributed by atoms with Crippen molar-refractivity contribution in [2.75, 3.05) is 19.5 Å². The van der Waals surface area contributed by atoms with Crippen LogP contribution in [0.4, 0.5) is 5.69 Å². The second kappa shape index (κ2) is 6.39. The normalized spacial score (nSPS) is 10.2. The van der Waals surface area contributed by atoms with E-state index in [-0.39, 0.29) is 5.75 Å². The molecule has 0 amide bonds. The van der Waals surface area contributed by atoms with Crippen LogP contribution in [0, 0.1) is 0 Å². The van der Waals surface area contributed by atoms with Gasteiger partial charge in [-0.1, -0.05) is 17.7 Å². The zero-order chi connectivity index (χ0) is 14.5. The number of nitrogens with one attached hydrogen (secondary N) is 1. The molecular formula is C15H16ClNO3. The average molecular weight is 294 g/mol. The van der Waals surface area contributed by atoms with E-state index in [0.29, 0.717) is 17.3 Å². The molecule has 0 unspecified atom stereocenters. The number of halogens is 1. The standard InChI is InChI=1S/C15H16ClNO3/c1-19-14-5-3-4-12(16)11(14)9-17-10-6-7-15(20-2)13(18)8-10/h3-8,17-18H,9H2,1-2H3. The highest BCUT2D eigenvalue weighted by Gasteiger charge is 2.08. The summed E-state index contributed by atoms with van der Waals surface area (Å²) in [5.41, 5.74) is 1.64. The van der Waals surface area contributed by atoms with Crippen LogP contribution >= 0.6 is 11.6 Å². The molecule has 2 aromatic rings. The summed E-state index contributed by atoms with van der Waals surface area (Å²) >= 11 is 6.16. The van der Waals surface area contributed by atoms with E-state index in [1.165, 1.54) is 7.11 Å². The second-order valence-corrected chi connectivity index (χ2v) is 4.57. The number of methoxy groups -OCH3 is 2. The van der Waals surface area contributed by atoms with Crippen molar-refractivity contribution in [3.8, 4) is 17.2 Å². The molecule has 0 aliphatic carbocycles. The molecule has 0 radical (unpaired) electrons. The first-order chi connectivity index (χ1) is 9.65. The Hall–Kier alpha value is -2.07. The monoisotopic (exact) mass is 293 g/mol. The minimum absolute atomic E-state index is 0.0867. The number of phenols is 1. The van der Waals surface area contributed by atoms with Crippen LogP contribution in [0.5, 0.6) is 17.2 Å². The second-order valence-electron chi connectivity index (χ2n) is 4.16. The first-order valence-corrected chi connectivity index (χ1v) is 6.45. The lowest BCUT2D eigenvalue weighted by Crippen LogP contribution is -2.02. The Balaban J connectivity index is 2.15. The fraction of sp³-hybridized carbons (Fsp3) is 0.200. The Morgan fingerprint density at radius 1 is 1.10 bits per heavy atom. The van der Waals surface area contributed by atoms with Gasteiger partial charge < -0.3 is 19.9 Å². The molecule has 2 aromatic carbocycles. The molecule has 0 aromatic heterocycles. The van der Waals surface area contributed by atoms with Crippen LogP contribution in [0.3, 0.4) is 0 Å². The van der Waals surface area contributed by atoms with Gasteiger partial charge in [0.1, 0.15) is 5.75 Å². The van der Waals surface area contributed by atoms with Crippen LogP contribution in [0.1, 0.15) is 5.56 Å². The maximum absolute atomic E-state index is 9.73. The van der Waals surface area contributed by atoms with E-state index in [1.807, 2.05) is 24.3 Å². The van der Waals surface area contributed by atoms with Crippen LogP contribution < -0.4 is 14.8 Å². The van der Waals surface area contributed by atoms with Crippen LogP contribution in [0.15, 0.2) is 36.4 Å². The van der Waals surface area contributed by atoms with Crippen molar-refractivity contribution < 1.29 is 14.6 Å². The Kier molecular flexibility index (Phi) is 4.58. The van der Waals surface area contributed by atoms with Gasteiger partial charge in [0, 0.05) is 28.9 Å². The van der Waals surface area contributed by atoms with E-state index in [0.717, 1.165) is 17.0 Å². The van der Waals surface area contributed by atoms with Crippen molar-refractivity contribution in [3.63, 3.8) is 0 Å². The van der Waals surface area contributed by atoms with Crippen molar-refractivity contribution in [1.82, 2.24) is 0 Å². The Morgan fingerprint density at radius 3 is 2.50 bits per heavy atom. The molecule has 0 fully saturated rings. The third kappa shape index (κ3) is 3.08. The Labute approximate surface area is 122 Å². The third-order valence-corrected chi connectivity index (χ3v) is 3.30. The van der Waals surface area contributed by atoms with Crippen molar-refractivity contribution in [1.29, 1.82) is 0 Å². The molecular weight excluding hydrogens is 278 g/mol. The van der Waals surface area contributed by atoms with E-state index in [2.05, 4.69) is 5.32 Å². The maximum atomic E-state index is 9.73. The topological polar surface area (TPSA) is 50.7 Å². The molecule has 5 heteroatoms. The highest BCUT2D eigenvalue weighted by molar-refractivity contribution is 6.31. The minimum Gasteiger partial charge on any atom is -0.504 e. The number of ether oxygens (including phenoxy) is 2. The van der Waals surface area contributed by atoms with Gasteiger partial charge in [-0.3, -0.25) is 0 Å². The van der Waals surface area contributed by atoms with Gasteiger partial charge in [-0.2, -0.15) is 0 Å². The third-order valence-electron chi connectivity index (χ3n) is 2.94. The summed E-state index contributed by atoms with van der Waals surface area (Å²) in [4.78, 5) is 0. The van der Waals surface area contributed by atoms with Gasteiger partial charge in [0.05, 0.1) is 14.2 Å². The molecule has 0 aliphatic rings. The van der Waals surface area contributed by atoms with Crippen molar-refractivity contribution >= 4 is 17.3 Å². The lowest BCUT2D eigenvalue weighted by atomic mass is 10.2. The first kappa shape index (κ1) is 14.3. The van der Waals surface area contributed by atoms with Gasteiger partial charge in [0.2, 0.25) is 0 Å². The predicted molar refractivity (Wildman–Crippen MR) is 80.0 cm³/mol. The summed E-state index contributed by atoms with van der Waals surface area (Å²) < 4.78 is 10.3. The van der Waals surface area contributed by atoms with E-state index < -0.39 is 0 Å². The molecule has 20 heavy (non-hydrogen) atoms. The number of phenolic OH excluding ortho intramolecular Hbond substituents is 1. The summed E-state index contributed by atoms with van der Waals surface area (Å²) in [6, 6.07) is 10.6. The number of hydrogen-bond acceptors (Lipinski definition) is 4. The van der Waals surface area contributed by atoms with Crippen LogP contribution in [0.2, 0.25) is 5.02 Å². The Morgan fingerprint density at radius 2 is 1.85 bits per heavy atom. The fourth-order valence-corrected chi connectivity index (χ4v) is 2.12. The highest BCUT2D eigenvalue weighted by atomic mass is 35.5. The quantitative estimate of drug-likeness (QED) is 0.883. The maximum Gasteiger partial charge on any atom is 0.160 e. The van der Waals surface area contributed by atoms with Gasteiger partial charge in [0.25, 0.3) is 0 Å². The smallest absolute Gasteiger partial charge is 0.160 e. The Bertz CT molecular complexity index is 602.